The SMILES string of the molecule is Cl.Cl.O=C1c2cc3nc(-c4c(Cl)cc[nH]c4=O)[nH]c3cc2CN1CCCN1CCCC1. The number of imidazole rings is 1. The summed E-state index contributed by atoms with van der Waals surface area (Å²) in [4.78, 5) is 39.7. The largest absolute Gasteiger partial charge is 0.338 e. The summed E-state index contributed by atoms with van der Waals surface area (Å²) in [5.41, 5.74) is 3.15. The van der Waals surface area contributed by atoms with E-state index in [2.05, 4.69) is 19.9 Å². The molecule has 2 aliphatic rings. The first kappa shape index (κ1) is 23.6. The van der Waals surface area contributed by atoms with E-state index in [1.165, 1.54) is 32.1 Å². The van der Waals surface area contributed by atoms with Gasteiger partial charge in [0, 0.05) is 24.8 Å². The van der Waals surface area contributed by atoms with Gasteiger partial charge in [0.2, 0.25) is 0 Å². The monoisotopic (exact) mass is 483 g/mol. The predicted molar refractivity (Wildman–Crippen MR) is 127 cm³/mol. The van der Waals surface area contributed by atoms with E-state index in [4.69, 9.17) is 11.6 Å². The first-order valence-electron chi connectivity index (χ1n) is 10.0. The molecule has 2 aromatic heterocycles. The summed E-state index contributed by atoms with van der Waals surface area (Å²) in [6, 6.07) is 5.40. The standard InChI is InChI=1S/C21H22ClN5O2.2ClH/c22-15-4-5-23-20(28)18(15)19-24-16-10-13-12-27(9-3-8-26-6-1-2-7-26)21(29)14(13)11-17(16)25-19;;/h4-5,10-11H,1-3,6-9,12H2,(H,23,28)(H,24,25);2*1H. The van der Waals surface area contributed by atoms with Crippen molar-refractivity contribution in [2.75, 3.05) is 26.2 Å². The van der Waals surface area contributed by atoms with Gasteiger partial charge in [0.05, 0.1) is 16.1 Å². The third kappa shape index (κ3) is 4.46. The van der Waals surface area contributed by atoms with Crippen LogP contribution in [0.5, 0.6) is 0 Å². The maximum absolute atomic E-state index is 12.9. The Morgan fingerprint density at radius 3 is 2.61 bits per heavy atom. The number of hydrogen-bond donors (Lipinski definition) is 2. The lowest BCUT2D eigenvalue weighted by molar-refractivity contribution is 0.0772. The van der Waals surface area contributed by atoms with Crippen LogP contribution in [0, 0.1) is 0 Å². The number of H-pyrrole nitrogens is 2. The van der Waals surface area contributed by atoms with E-state index in [9.17, 15) is 9.59 Å². The van der Waals surface area contributed by atoms with Gasteiger partial charge < -0.3 is 19.8 Å². The number of rotatable bonds is 5. The number of nitrogens with one attached hydrogen (secondary N) is 2. The van der Waals surface area contributed by atoms with Gasteiger partial charge >= 0.3 is 0 Å². The average molecular weight is 485 g/mol. The van der Waals surface area contributed by atoms with Crippen LogP contribution in [0.4, 0.5) is 0 Å². The highest BCUT2D eigenvalue weighted by molar-refractivity contribution is 6.33. The van der Waals surface area contributed by atoms with E-state index in [0.717, 1.165) is 30.6 Å². The molecule has 1 amide bonds. The second kappa shape index (κ2) is 9.61. The number of hydrogen-bond acceptors (Lipinski definition) is 4. The minimum Gasteiger partial charge on any atom is -0.338 e. The summed E-state index contributed by atoms with van der Waals surface area (Å²) in [6.45, 7) is 4.80. The molecule has 3 aromatic rings. The van der Waals surface area contributed by atoms with Crippen molar-refractivity contribution in [1.82, 2.24) is 24.8 Å². The molecule has 5 rings (SSSR count). The molecule has 0 unspecified atom stereocenters. The zero-order valence-corrected chi connectivity index (χ0v) is 19.2. The highest BCUT2D eigenvalue weighted by Crippen LogP contribution is 2.30. The zero-order valence-electron chi connectivity index (χ0n) is 16.8. The van der Waals surface area contributed by atoms with Crippen molar-refractivity contribution in [2.24, 2.45) is 0 Å². The van der Waals surface area contributed by atoms with Crippen molar-refractivity contribution in [3.05, 3.63) is 50.9 Å². The Labute approximate surface area is 197 Å². The number of benzene rings is 1. The number of amides is 1. The molecule has 0 aliphatic carbocycles. The van der Waals surface area contributed by atoms with Crippen molar-refractivity contribution in [3.8, 4) is 11.4 Å². The predicted octanol–water partition coefficient (Wildman–Crippen LogP) is 3.86. The Morgan fingerprint density at radius 1 is 1.10 bits per heavy atom. The van der Waals surface area contributed by atoms with E-state index in [-0.39, 0.29) is 36.3 Å². The summed E-state index contributed by atoms with van der Waals surface area (Å²) in [6.07, 6.45) is 5.07. The molecule has 31 heavy (non-hydrogen) atoms. The number of nitrogens with zero attached hydrogens (tertiary/aromatic N) is 3. The summed E-state index contributed by atoms with van der Waals surface area (Å²) < 4.78 is 0. The Kier molecular flexibility index (Phi) is 7.31. The molecule has 2 N–H and O–H groups in total. The topological polar surface area (TPSA) is 85.1 Å². The molecule has 7 nitrogen and oxygen atoms in total. The fourth-order valence-corrected chi connectivity index (χ4v) is 4.58. The van der Waals surface area contributed by atoms with Crippen LogP contribution in [0.15, 0.2) is 29.2 Å². The molecule has 0 radical (unpaired) electrons. The van der Waals surface area contributed by atoms with Crippen LogP contribution in [0.2, 0.25) is 5.02 Å². The van der Waals surface area contributed by atoms with Gasteiger partial charge in [-0.2, -0.15) is 0 Å². The van der Waals surface area contributed by atoms with Crippen LogP contribution >= 0.6 is 36.4 Å². The molecule has 10 heteroatoms. The van der Waals surface area contributed by atoms with Crippen LogP contribution < -0.4 is 5.56 Å². The molecular weight excluding hydrogens is 461 g/mol. The molecule has 0 spiro atoms. The summed E-state index contributed by atoms with van der Waals surface area (Å²) >= 11 is 6.19. The number of likely N-dealkylation sites (tertiary alicyclic amines) is 1. The van der Waals surface area contributed by atoms with Crippen molar-refractivity contribution >= 4 is 53.4 Å². The minimum absolute atomic E-state index is 0. The first-order chi connectivity index (χ1) is 14.1. The molecule has 1 saturated heterocycles. The van der Waals surface area contributed by atoms with E-state index in [1.54, 1.807) is 6.07 Å². The lowest BCUT2D eigenvalue weighted by Gasteiger charge is -2.19. The van der Waals surface area contributed by atoms with Crippen molar-refractivity contribution in [3.63, 3.8) is 0 Å². The van der Waals surface area contributed by atoms with Crippen LogP contribution in [-0.4, -0.2) is 56.8 Å². The Balaban J connectivity index is 0.00000136. The van der Waals surface area contributed by atoms with Gasteiger partial charge in [0.1, 0.15) is 11.4 Å². The smallest absolute Gasteiger partial charge is 0.260 e. The second-order valence-corrected chi connectivity index (χ2v) is 8.18. The lowest BCUT2D eigenvalue weighted by Crippen LogP contribution is -2.29. The van der Waals surface area contributed by atoms with Gasteiger partial charge in [0.15, 0.2) is 0 Å². The Bertz CT molecular complexity index is 1150. The molecule has 166 valence electrons. The number of pyridine rings is 1. The minimum atomic E-state index is -0.302. The van der Waals surface area contributed by atoms with E-state index in [1.807, 2.05) is 17.0 Å². The van der Waals surface area contributed by atoms with Crippen LogP contribution in [0.1, 0.15) is 35.2 Å². The van der Waals surface area contributed by atoms with Crippen LogP contribution in [-0.2, 0) is 6.54 Å². The molecule has 0 saturated carbocycles. The molecule has 1 fully saturated rings. The zero-order chi connectivity index (χ0) is 20.0. The fraction of sp³-hybridized carbons (Fsp3) is 0.381. The van der Waals surface area contributed by atoms with E-state index >= 15 is 0 Å². The maximum atomic E-state index is 12.9. The van der Waals surface area contributed by atoms with Gasteiger partial charge in [-0.25, -0.2) is 4.98 Å². The van der Waals surface area contributed by atoms with E-state index < -0.39 is 0 Å². The van der Waals surface area contributed by atoms with Crippen molar-refractivity contribution in [1.29, 1.82) is 0 Å². The average Bonchev–Trinajstić information content (AvgIpc) is 3.40. The van der Waals surface area contributed by atoms with Crippen molar-refractivity contribution in [2.45, 2.75) is 25.8 Å². The number of carbonyl (C=O) groups is 1. The van der Waals surface area contributed by atoms with Crippen LogP contribution in [0.3, 0.4) is 0 Å². The van der Waals surface area contributed by atoms with Crippen LogP contribution in [0.25, 0.3) is 22.4 Å². The normalized spacial score (nSPS) is 15.8. The molecular formula is C21H24Cl3N5O2. The van der Waals surface area contributed by atoms with Gasteiger partial charge in [-0.3, -0.25) is 9.59 Å². The third-order valence-corrected chi connectivity index (χ3v) is 6.15. The molecule has 0 atom stereocenters. The molecule has 4 heterocycles. The Hall–Kier alpha value is -2.06. The second-order valence-electron chi connectivity index (χ2n) is 7.77. The number of aromatic amines is 2. The molecule has 1 aromatic carbocycles. The number of fused-ring (bicyclic) bond motifs is 2. The summed E-state index contributed by atoms with van der Waals surface area (Å²) in [5.74, 6) is 0.467. The first-order valence-corrected chi connectivity index (χ1v) is 10.4. The summed E-state index contributed by atoms with van der Waals surface area (Å²) in [7, 11) is 0. The van der Waals surface area contributed by atoms with Gasteiger partial charge in [-0.05, 0) is 62.7 Å². The van der Waals surface area contributed by atoms with E-state index in [0.29, 0.717) is 34.0 Å². The third-order valence-electron chi connectivity index (χ3n) is 5.83. The fourth-order valence-electron chi connectivity index (χ4n) is 4.34. The highest BCUT2D eigenvalue weighted by atomic mass is 35.5. The van der Waals surface area contributed by atoms with Gasteiger partial charge in [-0.15, -0.1) is 24.8 Å². The molecule has 0 bridgehead atoms. The van der Waals surface area contributed by atoms with Crippen molar-refractivity contribution < 1.29 is 4.79 Å². The summed E-state index contributed by atoms with van der Waals surface area (Å²) in [5, 5.41) is 0.334. The molecule has 2 aliphatic heterocycles. The number of carbonyl (C=O) groups excluding carboxylic acids is 1. The quantitative estimate of drug-likeness (QED) is 0.576. The Morgan fingerprint density at radius 2 is 1.87 bits per heavy atom. The lowest BCUT2D eigenvalue weighted by atomic mass is 10.1. The number of aromatic nitrogens is 3. The number of halogens is 3. The van der Waals surface area contributed by atoms with Gasteiger partial charge in [0.25, 0.3) is 11.5 Å². The maximum Gasteiger partial charge on any atom is 0.260 e. The highest BCUT2D eigenvalue weighted by Gasteiger charge is 2.28. The van der Waals surface area contributed by atoms with Gasteiger partial charge in [-0.1, -0.05) is 11.6 Å².